The van der Waals surface area contributed by atoms with Gasteiger partial charge in [0.1, 0.15) is 6.61 Å². The van der Waals surface area contributed by atoms with E-state index in [0.29, 0.717) is 29.4 Å². The molecule has 1 saturated carbocycles. The number of carbonyl (C=O) groups excluding carboxylic acids is 1. The van der Waals surface area contributed by atoms with Crippen molar-refractivity contribution in [1.82, 2.24) is 14.9 Å². The van der Waals surface area contributed by atoms with Gasteiger partial charge in [-0.15, -0.1) is 0 Å². The van der Waals surface area contributed by atoms with Gasteiger partial charge >= 0.3 is 0 Å². The van der Waals surface area contributed by atoms with E-state index in [1.807, 2.05) is 43.0 Å². The Kier molecular flexibility index (Phi) is 10.1. The van der Waals surface area contributed by atoms with E-state index in [0.717, 1.165) is 67.4 Å². The highest BCUT2D eigenvalue weighted by atomic mass is 32.2. The standard InChI is InChI=1S/C35H47N5O4S/c1-22(2)14-30(36)21-44-33-18-32(34-23(3)8-6-9-24(34)4)37-35(38-33)39-45(42,43)31-11-7-10-26(17-31)12-13-27-15-28-19-40(25(5)41)20-29(28)16-27/h6-11,17-18,22,27-30H,12-16,19-21,36H2,1-5H3,(H,37,38,39)/t27?,28-,29+,30-/m1/s1. The maximum atomic E-state index is 13.6. The number of sulfonamides is 1. The molecular weight excluding hydrogens is 586 g/mol. The molecule has 2 aromatic carbocycles. The van der Waals surface area contributed by atoms with Crippen LogP contribution in [0.25, 0.3) is 11.3 Å². The predicted octanol–water partition coefficient (Wildman–Crippen LogP) is 5.75. The third-order valence-corrected chi connectivity index (χ3v) is 10.6. The summed E-state index contributed by atoms with van der Waals surface area (Å²) >= 11 is 0. The van der Waals surface area contributed by atoms with Crippen molar-refractivity contribution in [3.63, 3.8) is 0 Å². The van der Waals surface area contributed by atoms with Crippen molar-refractivity contribution in [2.75, 3.05) is 24.4 Å². The molecule has 1 saturated heterocycles. The van der Waals surface area contributed by atoms with Gasteiger partial charge in [0.2, 0.25) is 17.7 Å². The number of amides is 1. The maximum absolute atomic E-state index is 13.6. The Balaban J connectivity index is 1.31. The molecule has 3 N–H and O–H groups in total. The molecule has 1 aliphatic heterocycles. The number of aromatic nitrogens is 2. The van der Waals surface area contributed by atoms with Crippen LogP contribution in [0.3, 0.4) is 0 Å². The van der Waals surface area contributed by atoms with Gasteiger partial charge in [0.05, 0.1) is 10.6 Å². The number of fused-ring (bicyclic) bond motifs is 1. The number of carbonyl (C=O) groups is 1. The number of rotatable bonds is 12. The van der Waals surface area contributed by atoms with Crippen LogP contribution in [0, 0.1) is 37.5 Å². The second-order valence-electron chi connectivity index (χ2n) is 13.5. The van der Waals surface area contributed by atoms with Crippen LogP contribution in [-0.2, 0) is 21.2 Å². The summed E-state index contributed by atoms with van der Waals surface area (Å²) in [5.41, 5.74) is 10.7. The Hall–Kier alpha value is -3.50. The number of hydrogen-bond acceptors (Lipinski definition) is 7. The van der Waals surface area contributed by atoms with Crippen LogP contribution in [-0.4, -0.2) is 54.9 Å². The Morgan fingerprint density at radius 3 is 2.36 bits per heavy atom. The molecule has 1 aromatic heterocycles. The number of anilines is 1. The maximum Gasteiger partial charge on any atom is 0.264 e. The fourth-order valence-corrected chi connectivity index (χ4v) is 8.11. The van der Waals surface area contributed by atoms with Crippen molar-refractivity contribution in [2.24, 2.45) is 29.4 Å². The van der Waals surface area contributed by atoms with E-state index in [4.69, 9.17) is 10.5 Å². The molecule has 4 atom stereocenters. The normalized spacial score (nSPS) is 20.3. The van der Waals surface area contributed by atoms with Crippen molar-refractivity contribution >= 4 is 21.9 Å². The van der Waals surface area contributed by atoms with Crippen molar-refractivity contribution in [3.8, 4) is 17.1 Å². The van der Waals surface area contributed by atoms with Gasteiger partial charge in [-0.25, -0.2) is 18.1 Å². The highest BCUT2D eigenvalue weighted by Crippen LogP contribution is 2.43. The van der Waals surface area contributed by atoms with E-state index in [-0.39, 0.29) is 35.3 Å². The summed E-state index contributed by atoms with van der Waals surface area (Å²) in [4.78, 5) is 23.0. The molecule has 2 aliphatic rings. The monoisotopic (exact) mass is 633 g/mol. The van der Waals surface area contributed by atoms with Gasteiger partial charge in [0.25, 0.3) is 10.0 Å². The first-order chi connectivity index (χ1) is 21.4. The summed E-state index contributed by atoms with van der Waals surface area (Å²) in [5, 5.41) is 0. The van der Waals surface area contributed by atoms with E-state index in [9.17, 15) is 13.2 Å². The lowest BCUT2D eigenvalue weighted by Crippen LogP contribution is -2.29. The van der Waals surface area contributed by atoms with Crippen LogP contribution in [0.5, 0.6) is 5.88 Å². The molecule has 1 unspecified atom stereocenters. The fourth-order valence-electron chi connectivity index (χ4n) is 7.09. The first-order valence-corrected chi connectivity index (χ1v) is 17.6. The third-order valence-electron chi connectivity index (χ3n) is 9.23. The predicted molar refractivity (Wildman–Crippen MR) is 177 cm³/mol. The van der Waals surface area contributed by atoms with Gasteiger partial charge in [0.15, 0.2) is 0 Å². The highest BCUT2D eigenvalue weighted by Gasteiger charge is 2.41. The number of nitrogens with two attached hydrogens (primary N) is 1. The summed E-state index contributed by atoms with van der Waals surface area (Å²) < 4.78 is 35.9. The number of aryl methyl sites for hydroxylation is 3. The zero-order chi connectivity index (χ0) is 32.3. The number of benzene rings is 2. The number of nitrogens with zero attached hydrogens (tertiary/aromatic N) is 3. The molecule has 10 heteroatoms. The Morgan fingerprint density at radius 1 is 1.04 bits per heavy atom. The lowest BCUT2D eigenvalue weighted by Gasteiger charge is -2.17. The zero-order valence-electron chi connectivity index (χ0n) is 27.1. The first kappa shape index (κ1) is 32.9. The third kappa shape index (κ3) is 8.21. The average molecular weight is 634 g/mol. The molecule has 0 radical (unpaired) electrons. The number of hydrogen-bond donors (Lipinski definition) is 2. The van der Waals surface area contributed by atoms with Gasteiger partial charge in [-0.3, -0.25) is 4.79 Å². The minimum absolute atomic E-state index is 0.0508. The summed E-state index contributed by atoms with van der Waals surface area (Å²) in [6.07, 6.45) is 4.87. The molecule has 1 amide bonds. The van der Waals surface area contributed by atoms with Crippen LogP contribution >= 0.6 is 0 Å². The highest BCUT2D eigenvalue weighted by molar-refractivity contribution is 7.92. The minimum Gasteiger partial charge on any atom is -0.476 e. The Bertz CT molecular complexity index is 1590. The molecule has 3 aromatic rings. The molecule has 242 valence electrons. The number of nitrogens with one attached hydrogen (secondary N) is 1. The zero-order valence-corrected chi connectivity index (χ0v) is 27.9. The second-order valence-corrected chi connectivity index (χ2v) is 15.1. The van der Waals surface area contributed by atoms with Crippen LogP contribution < -0.4 is 15.2 Å². The minimum atomic E-state index is -3.98. The lowest BCUT2D eigenvalue weighted by molar-refractivity contribution is -0.128. The summed E-state index contributed by atoms with van der Waals surface area (Å²) in [6.45, 7) is 11.9. The van der Waals surface area contributed by atoms with E-state index >= 15 is 0 Å². The van der Waals surface area contributed by atoms with Crippen LogP contribution in [0.4, 0.5) is 5.95 Å². The molecular formula is C35H47N5O4S. The van der Waals surface area contributed by atoms with Gasteiger partial charge in [-0.05, 0) is 98.4 Å². The molecule has 5 rings (SSSR count). The molecule has 0 bridgehead atoms. The SMILES string of the molecule is CC(=O)N1C[C@H]2CC(CCc3cccc(S(=O)(=O)Nc4nc(OC[C@H](N)CC(C)C)cc(-c5c(C)cccc5C)n4)c3)C[C@H]2C1. The summed E-state index contributed by atoms with van der Waals surface area (Å²) in [7, 11) is -3.98. The molecule has 2 fully saturated rings. The molecule has 2 heterocycles. The molecule has 9 nitrogen and oxygen atoms in total. The quantitative estimate of drug-likeness (QED) is 0.260. The second kappa shape index (κ2) is 13.9. The van der Waals surface area contributed by atoms with Gasteiger partial charge < -0.3 is 15.4 Å². The van der Waals surface area contributed by atoms with E-state index < -0.39 is 10.0 Å². The van der Waals surface area contributed by atoms with E-state index in [1.54, 1.807) is 31.2 Å². The van der Waals surface area contributed by atoms with Gasteiger partial charge in [-0.2, -0.15) is 4.98 Å². The number of ether oxygens (including phenoxy) is 1. The number of likely N-dealkylation sites (tertiary alicyclic amines) is 1. The molecule has 45 heavy (non-hydrogen) atoms. The first-order valence-electron chi connectivity index (χ1n) is 16.1. The van der Waals surface area contributed by atoms with E-state index in [2.05, 4.69) is 28.5 Å². The van der Waals surface area contributed by atoms with Gasteiger partial charge in [0, 0.05) is 37.7 Å². The van der Waals surface area contributed by atoms with Crippen molar-refractivity contribution in [3.05, 3.63) is 65.2 Å². The topological polar surface area (TPSA) is 128 Å². The van der Waals surface area contributed by atoms with Crippen molar-refractivity contribution in [2.45, 2.75) is 77.7 Å². The lowest BCUT2D eigenvalue weighted by atomic mass is 9.96. The van der Waals surface area contributed by atoms with Crippen molar-refractivity contribution in [1.29, 1.82) is 0 Å². The van der Waals surface area contributed by atoms with Crippen LogP contribution in [0.1, 0.15) is 63.1 Å². The summed E-state index contributed by atoms with van der Waals surface area (Å²) in [5.74, 6) is 2.59. The van der Waals surface area contributed by atoms with Crippen LogP contribution in [0.15, 0.2) is 53.4 Å². The van der Waals surface area contributed by atoms with Crippen LogP contribution in [0.2, 0.25) is 0 Å². The smallest absolute Gasteiger partial charge is 0.264 e. The molecule has 0 spiro atoms. The largest absolute Gasteiger partial charge is 0.476 e. The Labute approximate surface area is 268 Å². The van der Waals surface area contributed by atoms with Gasteiger partial charge in [-0.1, -0.05) is 44.2 Å². The summed E-state index contributed by atoms with van der Waals surface area (Å²) in [6, 6.07) is 14.7. The average Bonchev–Trinajstić information content (AvgIpc) is 3.54. The van der Waals surface area contributed by atoms with E-state index in [1.165, 1.54) is 0 Å². The molecule has 1 aliphatic carbocycles. The van der Waals surface area contributed by atoms with Crippen molar-refractivity contribution < 1.29 is 17.9 Å². The fraction of sp³-hybridized carbons (Fsp3) is 0.514. The Morgan fingerprint density at radius 2 is 1.71 bits per heavy atom.